The second-order valence-electron chi connectivity index (χ2n) is 11.5. The number of ether oxygens (including phenoxy) is 1. The number of amides is 1. The van der Waals surface area contributed by atoms with E-state index in [1.807, 2.05) is 82.3 Å². The van der Waals surface area contributed by atoms with Crippen LogP contribution in [0.2, 0.25) is 0 Å². The van der Waals surface area contributed by atoms with E-state index >= 15 is 0 Å². The number of ketones is 1. The van der Waals surface area contributed by atoms with Gasteiger partial charge in [-0.25, -0.2) is 13.7 Å². The second-order valence-corrected chi connectivity index (χ2v) is 13.5. The molecule has 3 unspecified atom stereocenters. The van der Waals surface area contributed by atoms with E-state index in [-0.39, 0.29) is 28.7 Å². The molecule has 9 heteroatoms. The molecule has 1 amide bonds. The number of carbonyl (C=O) groups excluding carboxylic acids is 2. The van der Waals surface area contributed by atoms with Gasteiger partial charge < -0.3 is 14.5 Å². The number of hydroxylamine groups is 2. The van der Waals surface area contributed by atoms with Crippen molar-refractivity contribution in [2.75, 3.05) is 19.7 Å². The minimum absolute atomic E-state index is 0.0892. The van der Waals surface area contributed by atoms with Crippen molar-refractivity contribution < 1.29 is 23.4 Å². The minimum Gasteiger partial charge on any atom is -0.362 e. The van der Waals surface area contributed by atoms with Gasteiger partial charge >= 0.3 is 6.09 Å². The SMILES string of the molecule is CC(=O)C1(c2ccc([C@H](C)NS(=O)C(C)(C)C)cc2)CC(N(Cc2ccccc2)OC(=O)N2CCC2)CCO1. The third-order valence-electron chi connectivity index (χ3n) is 7.51. The molecule has 2 aromatic rings. The zero-order valence-electron chi connectivity index (χ0n) is 23.6. The van der Waals surface area contributed by atoms with Gasteiger partial charge in [-0.1, -0.05) is 54.6 Å². The van der Waals surface area contributed by atoms with Crippen LogP contribution in [0.3, 0.4) is 0 Å². The topological polar surface area (TPSA) is 88.2 Å². The lowest BCUT2D eigenvalue weighted by molar-refractivity contribution is -0.199. The maximum Gasteiger partial charge on any atom is 0.428 e. The molecular weight excluding hydrogens is 514 g/mol. The van der Waals surface area contributed by atoms with E-state index in [1.165, 1.54) is 0 Å². The van der Waals surface area contributed by atoms with Crippen molar-refractivity contribution in [2.24, 2.45) is 0 Å². The quantitative estimate of drug-likeness (QED) is 0.437. The maximum atomic E-state index is 13.2. The highest BCUT2D eigenvalue weighted by Crippen LogP contribution is 2.39. The normalized spacial score (nSPS) is 23.1. The molecule has 8 nitrogen and oxygen atoms in total. The van der Waals surface area contributed by atoms with Crippen LogP contribution in [0.5, 0.6) is 0 Å². The Kier molecular flexibility index (Phi) is 9.26. The van der Waals surface area contributed by atoms with E-state index in [2.05, 4.69) is 4.72 Å². The lowest BCUT2D eigenvalue weighted by Gasteiger charge is -2.43. The third kappa shape index (κ3) is 6.95. The van der Waals surface area contributed by atoms with Crippen molar-refractivity contribution in [3.05, 3.63) is 71.3 Å². The number of carbonyl (C=O) groups is 2. The van der Waals surface area contributed by atoms with E-state index in [0.29, 0.717) is 39.1 Å². The minimum atomic E-state index is -1.20. The summed E-state index contributed by atoms with van der Waals surface area (Å²) in [5.41, 5.74) is 1.61. The molecule has 1 N–H and O–H groups in total. The summed E-state index contributed by atoms with van der Waals surface area (Å²) < 4.78 is 21.6. The molecule has 4 rings (SSSR count). The smallest absolute Gasteiger partial charge is 0.362 e. The Morgan fingerprint density at radius 1 is 1.15 bits per heavy atom. The van der Waals surface area contributed by atoms with E-state index in [9.17, 15) is 13.8 Å². The summed E-state index contributed by atoms with van der Waals surface area (Å²) in [4.78, 5) is 33.6. The monoisotopic (exact) mass is 555 g/mol. The van der Waals surface area contributed by atoms with Crippen LogP contribution in [-0.2, 0) is 37.5 Å². The number of rotatable bonds is 9. The molecule has 2 heterocycles. The molecule has 4 atom stereocenters. The van der Waals surface area contributed by atoms with Gasteiger partial charge in [-0.2, -0.15) is 0 Å². The molecule has 2 saturated heterocycles. The average Bonchev–Trinajstić information content (AvgIpc) is 2.87. The molecule has 0 spiro atoms. The first-order valence-corrected chi connectivity index (χ1v) is 14.9. The van der Waals surface area contributed by atoms with Crippen LogP contribution < -0.4 is 4.72 Å². The first kappa shape index (κ1) is 29.4. The summed E-state index contributed by atoms with van der Waals surface area (Å²) >= 11 is 0. The van der Waals surface area contributed by atoms with Gasteiger partial charge in [0.2, 0.25) is 0 Å². The Bertz CT molecular complexity index is 1160. The van der Waals surface area contributed by atoms with Crippen molar-refractivity contribution in [1.29, 1.82) is 0 Å². The molecular formula is C30H41N3O5S. The van der Waals surface area contributed by atoms with Crippen molar-refractivity contribution in [2.45, 2.75) is 82.9 Å². The van der Waals surface area contributed by atoms with Crippen LogP contribution >= 0.6 is 0 Å². The van der Waals surface area contributed by atoms with Crippen LogP contribution in [0.1, 0.15) is 76.6 Å². The van der Waals surface area contributed by atoms with Gasteiger partial charge in [-0.3, -0.25) is 4.79 Å². The molecule has 2 aromatic carbocycles. The number of likely N-dealkylation sites (tertiary alicyclic amines) is 1. The highest BCUT2D eigenvalue weighted by molar-refractivity contribution is 7.84. The van der Waals surface area contributed by atoms with E-state index in [1.54, 1.807) is 16.9 Å². The average molecular weight is 556 g/mol. The van der Waals surface area contributed by atoms with Crippen molar-refractivity contribution in [3.8, 4) is 0 Å². The molecule has 39 heavy (non-hydrogen) atoms. The van der Waals surface area contributed by atoms with Crippen molar-refractivity contribution >= 4 is 22.9 Å². The Morgan fingerprint density at radius 3 is 2.38 bits per heavy atom. The number of Topliss-reactive ketones (excluding diaryl/α,β-unsaturated/α-hetero) is 1. The lowest BCUT2D eigenvalue weighted by Crippen LogP contribution is -2.52. The predicted molar refractivity (Wildman–Crippen MR) is 152 cm³/mol. The Hall–Kier alpha value is -2.59. The molecule has 0 aliphatic carbocycles. The van der Waals surface area contributed by atoms with Gasteiger partial charge in [0.25, 0.3) is 0 Å². The van der Waals surface area contributed by atoms with E-state index in [0.717, 1.165) is 23.1 Å². The summed E-state index contributed by atoms with van der Waals surface area (Å²) in [5.74, 6) is -0.0892. The fourth-order valence-corrected chi connectivity index (χ4v) is 5.67. The van der Waals surface area contributed by atoms with Gasteiger partial charge in [0, 0.05) is 25.6 Å². The third-order valence-corrected chi connectivity index (χ3v) is 9.19. The van der Waals surface area contributed by atoms with E-state index < -0.39 is 16.6 Å². The Morgan fingerprint density at radius 2 is 1.82 bits per heavy atom. The number of nitrogens with one attached hydrogen (secondary N) is 1. The standard InChI is InChI=1S/C30H41N3O5S/c1-22(31-39(36)29(3,4)5)25-12-14-26(15-13-25)30(23(2)34)20-27(16-19-37-30)33(21-24-10-7-6-8-11-24)38-28(35)32-17-9-18-32/h6-8,10-15,22,27,31H,9,16-21H2,1-5H3/t22-,27?,30?,39?/m0/s1. The summed E-state index contributed by atoms with van der Waals surface area (Å²) in [6.07, 6.45) is 1.63. The highest BCUT2D eigenvalue weighted by atomic mass is 32.2. The summed E-state index contributed by atoms with van der Waals surface area (Å²) in [7, 11) is -1.20. The maximum absolute atomic E-state index is 13.2. The van der Waals surface area contributed by atoms with Crippen molar-refractivity contribution in [1.82, 2.24) is 14.7 Å². The van der Waals surface area contributed by atoms with Crippen LogP contribution in [0.25, 0.3) is 0 Å². The predicted octanol–water partition coefficient (Wildman–Crippen LogP) is 5.02. The molecule has 2 aliphatic heterocycles. The van der Waals surface area contributed by atoms with Gasteiger partial charge in [0.05, 0.1) is 34.9 Å². The van der Waals surface area contributed by atoms with Gasteiger partial charge in [0.15, 0.2) is 11.4 Å². The lowest BCUT2D eigenvalue weighted by atomic mass is 9.80. The van der Waals surface area contributed by atoms with Crippen LogP contribution in [0, 0.1) is 0 Å². The van der Waals surface area contributed by atoms with Gasteiger partial charge in [-0.15, -0.1) is 5.06 Å². The molecule has 0 saturated carbocycles. The first-order chi connectivity index (χ1) is 18.5. The summed E-state index contributed by atoms with van der Waals surface area (Å²) in [6.45, 7) is 11.5. The van der Waals surface area contributed by atoms with Crippen LogP contribution in [0.4, 0.5) is 4.79 Å². The number of benzene rings is 2. The van der Waals surface area contributed by atoms with E-state index in [4.69, 9.17) is 9.57 Å². The highest BCUT2D eigenvalue weighted by Gasteiger charge is 2.46. The Balaban J connectivity index is 1.55. The first-order valence-electron chi connectivity index (χ1n) is 13.7. The number of hydrogen-bond donors (Lipinski definition) is 1. The molecule has 0 aromatic heterocycles. The number of nitrogens with zero attached hydrogens (tertiary/aromatic N) is 2. The van der Waals surface area contributed by atoms with Crippen LogP contribution in [-0.4, -0.2) is 56.5 Å². The molecule has 0 radical (unpaired) electrons. The second kappa shape index (κ2) is 12.3. The fourth-order valence-electron chi connectivity index (χ4n) is 4.86. The summed E-state index contributed by atoms with van der Waals surface area (Å²) in [5, 5.41) is 1.73. The molecule has 0 bridgehead atoms. The largest absolute Gasteiger partial charge is 0.428 e. The molecule has 2 aliphatic rings. The van der Waals surface area contributed by atoms with Crippen molar-refractivity contribution in [3.63, 3.8) is 0 Å². The van der Waals surface area contributed by atoms with Gasteiger partial charge in [0.1, 0.15) is 0 Å². The number of hydrogen-bond acceptors (Lipinski definition) is 6. The fraction of sp³-hybridized carbons (Fsp3) is 0.533. The Labute approximate surface area is 234 Å². The zero-order valence-corrected chi connectivity index (χ0v) is 24.5. The molecule has 212 valence electrons. The van der Waals surface area contributed by atoms with Crippen LogP contribution in [0.15, 0.2) is 54.6 Å². The molecule has 2 fully saturated rings. The zero-order chi connectivity index (χ0) is 28.2. The van der Waals surface area contributed by atoms with Gasteiger partial charge in [-0.05, 0) is 64.2 Å². The summed E-state index contributed by atoms with van der Waals surface area (Å²) in [6, 6.07) is 17.3.